The van der Waals surface area contributed by atoms with Crippen molar-refractivity contribution >= 4 is 10.9 Å². The minimum absolute atomic E-state index is 0.111. The quantitative estimate of drug-likeness (QED) is 0.918. The van der Waals surface area contributed by atoms with Gasteiger partial charge in [-0.05, 0) is 12.1 Å². The monoisotopic (exact) mass is 256 g/mol. The number of alkyl halides is 3. The Labute approximate surface area is 101 Å². The van der Waals surface area contributed by atoms with Crippen LogP contribution in [0.25, 0.3) is 10.9 Å². The highest BCUT2D eigenvalue weighted by molar-refractivity contribution is 5.84. The number of pyridine rings is 1. The Morgan fingerprint density at radius 2 is 1.94 bits per heavy atom. The summed E-state index contributed by atoms with van der Waals surface area (Å²) in [6.07, 6.45) is -4.37. The molecule has 0 amide bonds. The van der Waals surface area contributed by atoms with Crippen molar-refractivity contribution < 1.29 is 17.9 Å². The third kappa shape index (κ3) is 2.89. The summed E-state index contributed by atoms with van der Waals surface area (Å²) < 4.78 is 41.1. The second-order valence-electron chi connectivity index (χ2n) is 3.74. The lowest BCUT2D eigenvalue weighted by Gasteiger charge is -2.11. The van der Waals surface area contributed by atoms with Crippen LogP contribution < -0.4 is 10.5 Å². The minimum atomic E-state index is -4.37. The van der Waals surface area contributed by atoms with Crippen molar-refractivity contribution in [1.29, 1.82) is 0 Å². The van der Waals surface area contributed by atoms with Crippen molar-refractivity contribution in [3.8, 4) is 5.75 Å². The molecule has 0 aliphatic rings. The van der Waals surface area contributed by atoms with E-state index in [1.807, 2.05) is 0 Å². The largest absolute Gasteiger partial charge is 0.482 e. The van der Waals surface area contributed by atoms with E-state index in [9.17, 15) is 13.2 Å². The first kappa shape index (κ1) is 12.6. The number of nitrogens with two attached hydrogens (primary N) is 1. The van der Waals surface area contributed by atoms with Gasteiger partial charge in [-0.1, -0.05) is 18.2 Å². The van der Waals surface area contributed by atoms with E-state index in [0.717, 1.165) is 0 Å². The van der Waals surface area contributed by atoms with Gasteiger partial charge in [0.25, 0.3) is 0 Å². The number of hydrogen-bond donors (Lipinski definition) is 1. The maximum absolute atomic E-state index is 12.1. The van der Waals surface area contributed by atoms with Crippen LogP contribution in [0.3, 0.4) is 0 Å². The van der Waals surface area contributed by atoms with Gasteiger partial charge in [0.2, 0.25) is 0 Å². The SMILES string of the molecule is NCc1ccc2cccc(OCC(F)(F)F)c2n1. The Bertz CT molecular complexity index is 555. The van der Waals surface area contributed by atoms with Gasteiger partial charge >= 0.3 is 6.18 Å². The summed E-state index contributed by atoms with van der Waals surface area (Å²) in [7, 11) is 0. The van der Waals surface area contributed by atoms with Crippen molar-refractivity contribution in [3.63, 3.8) is 0 Å². The molecule has 0 saturated carbocycles. The predicted molar refractivity (Wildman–Crippen MR) is 61.2 cm³/mol. The highest BCUT2D eigenvalue weighted by atomic mass is 19.4. The van der Waals surface area contributed by atoms with Crippen LogP contribution in [0, 0.1) is 0 Å². The van der Waals surface area contributed by atoms with E-state index in [4.69, 9.17) is 10.5 Å². The van der Waals surface area contributed by atoms with E-state index in [0.29, 0.717) is 16.6 Å². The molecule has 0 radical (unpaired) electrons. The number of halogens is 3. The molecule has 1 aromatic heterocycles. The molecule has 2 rings (SSSR count). The first-order valence-corrected chi connectivity index (χ1v) is 5.28. The Morgan fingerprint density at radius 1 is 1.17 bits per heavy atom. The van der Waals surface area contributed by atoms with Crippen molar-refractivity contribution in [2.45, 2.75) is 12.7 Å². The average molecular weight is 256 g/mol. The lowest BCUT2D eigenvalue weighted by Crippen LogP contribution is -2.19. The molecule has 0 spiro atoms. The van der Waals surface area contributed by atoms with Crippen LogP contribution in [0.5, 0.6) is 5.75 Å². The van der Waals surface area contributed by atoms with Crippen LogP contribution in [0.2, 0.25) is 0 Å². The Kier molecular flexibility index (Phi) is 3.38. The molecular formula is C12H11F3N2O. The van der Waals surface area contributed by atoms with Gasteiger partial charge in [-0.2, -0.15) is 13.2 Å². The summed E-state index contributed by atoms with van der Waals surface area (Å²) >= 11 is 0. The first-order chi connectivity index (χ1) is 8.49. The third-order valence-corrected chi connectivity index (χ3v) is 2.34. The normalized spacial score (nSPS) is 11.8. The topological polar surface area (TPSA) is 48.1 Å². The minimum Gasteiger partial charge on any atom is -0.482 e. The lowest BCUT2D eigenvalue weighted by atomic mass is 10.2. The van der Waals surface area contributed by atoms with Gasteiger partial charge in [0, 0.05) is 11.9 Å². The number of nitrogens with zero attached hydrogens (tertiary/aromatic N) is 1. The van der Waals surface area contributed by atoms with Crippen molar-refractivity contribution in [3.05, 3.63) is 36.0 Å². The maximum atomic E-state index is 12.1. The summed E-state index contributed by atoms with van der Waals surface area (Å²) in [5.41, 5.74) is 6.45. The maximum Gasteiger partial charge on any atom is 0.422 e. The third-order valence-electron chi connectivity index (χ3n) is 2.34. The molecular weight excluding hydrogens is 245 g/mol. The average Bonchev–Trinajstić information content (AvgIpc) is 2.34. The second-order valence-corrected chi connectivity index (χ2v) is 3.74. The van der Waals surface area contributed by atoms with E-state index in [2.05, 4.69) is 4.98 Å². The molecule has 18 heavy (non-hydrogen) atoms. The van der Waals surface area contributed by atoms with E-state index < -0.39 is 12.8 Å². The standard InChI is InChI=1S/C12H11F3N2O/c13-12(14,15)7-18-10-3-1-2-8-4-5-9(6-16)17-11(8)10/h1-5H,6-7,16H2. The van der Waals surface area contributed by atoms with Gasteiger partial charge in [0.1, 0.15) is 11.3 Å². The Hall–Kier alpha value is -1.82. The molecule has 0 atom stereocenters. The van der Waals surface area contributed by atoms with Crippen molar-refractivity contribution in [2.24, 2.45) is 5.73 Å². The van der Waals surface area contributed by atoms with E-state index in [1.165, 1.54) is 6.07 Å². The van der Waals surface area contributed by atoms with Crippen LogP contribution in [0.15, 0.2) is 30.3 Å². The second kappa shape index (κ2) is 4.81. The van der Waals surface area contributed by atoms with E-state index in [1.54, 1.807) is 24.3 Å². The molecule has 1 heterocycles. The fraction of sp³-hybridized carbons (Fsp3) is 0.250. The zero-order valence-electron chi connectivity index (χ0n) is 9.37. The molecule has 6 heteroatoms. The smallest absolute Gasteiger partial charge is 0.422 e. The molecule has 0 fully saturated rings. The lowest BCUT2D eigenvalue weighted by molar-refractivity contribution is -0.153. The van der Waals surface area contributed by atoms with Crippen LogP contribution in [-0.4, -0.2) is 17.8 Å². The number of rotatable bonds is 3. The van der Waals surface area contributed by atoms with E-state index >= 15 is 0 Å². The van der Waals surface area contributed by atoms with Crippen LogP contribution in [0.1, 0.15) is 5.69 Å². The highest BCUT2D eigenvalue weighted by Crippen LogP contribution is 2.26. The van der Waals surface area contributed by atoms with Gasteiger partial charge in [-0.3, -0.25) is 0 Å². The van der Waals surface area contributed by atoms with E-state index in [-0.39, 0.29) is 12.3 Å². The summed E-state index contributed by atoms with van der Waals surface area (Å²) in [5, 5.41) is 0.715. The van der Waals surface area contributed by atoms with Crippen LogP contribution in [-0.2, 0) is 6.54 Å². The molecule has 0 saturated heterocycles. The number of aromatic nitrogens is 1. The molecule has 2 aromatic rings. The van der Waals surface area contributed by atoms with Crippen molar-refractivity contribution in [2.75, 3.05) is 6.61 Å². The molecule has 2 N–H and O–H groups in total. The molecule has 0 bridgehead atoms. The molecule has 0 aliphatic carbocycles. The zero-order valence-corrected chi connectivity index (χ0v) is 9.37. The summed E-state index contributed by atoms with van der Waals surface area (Å²) in [6, 6.07) is 8.32. The van der Waals surface area contributed by atoms with Crippen LogP contribution >= 0.6 is 0 Å². The Morgan fingerprint density at radius 3 is 2.61 bits per heavy atom. The zero-order chi connectivity index (χ0) is 13.2. The van der Waals surface area contributed by atoms with Gasteiger partial charge in [-0.15, -0.1) is 0 Å². The summed E-state index contributed by atoms with van der Waals surface area (Å²) in [5.74, 6) is 0.111. The molecule has 0 aliphatic heterocycles. The van der Waals surface area contributed by atoms with Crippen LogP contribution in [0.4, 0.5) is 13.2 Å². The van der Waals surface area contributed by atoms with Gasteiger partial charge in [0.15, 0.2) is 6.61 Å². The molecule has 96 valence electrons. The Balaban J connectivity index is 2.37. The number of hydrogen-bond acceptors (Lipinski definition) is 3. The first-order valence-electron chi connectivity index (χ1n) is 5.28. The number of fused-ring (bicyclic) bond motifs is 1. The number of benzene rings is 1. The van der Waals surface area contributed by atoms with Gasteiger partial charge in [-0.25, -0.2) is 4.98 Å². The van der Waals surface area contributed by atoms with Gasteiger partial charge in [0.05, 0.1) is 5.69 Å². The fourth-order valence-electron chi connectivity index (χ4n) is 1.55. The highest BCUT2D eigenvalue weighted by Gasteiger charge is 2.28. The molecule has 0 unspecified atom stereocenters. The molecule has 3 nitrogen and oxygen atoms in total. The van der Waals surface area contributed by atoms with Gasteiger partial charge < -0.3 is 10.5 Å². The predicted octanol–water partition coefficient (Wildman–Crippen LogP) is 2.63. The fourth-order valence-corrected chi connectivity index (χ4v) is 1.55. The molecule has 1 aromatic carbocycles. The summed E-state index contributed by atoms with van der Waals surface area (Å²) in [6.45, 7) is -1.11. The number of para-hydroxylation sites is 1. The summed E-state index contributed by atoms with van der Waals surface area (Å²) in [4.78, 5) is 4.18. The van der Waals surface area contributed by atoms with Crippen molar-refractivity contribution in [1.82, 2.24) is 4.98 Å². The number of ether oxygens (including phenoxy) is 1.